The number of rotatable bonds is 5. The van der Waals surface area contributed by atoms with Crippen molar-refractivity contribution in [3.63, 3.8) is 0 Å². The zero-order valence-corrected chi connectivity index (χ0v) is 11.0. The van der Waals surface area contributed by atoms with Gasteiger partial charge >= 0.3 is 0 Å². The summed E-state index contributed by atoms with van der Waals surface area (Å²) < 4.78 is 0. The minimum absolute atomic E-state index is 0.0109. The standard InChI is InChI=1S/C12H15Cl3/c1-2-12(8-13,9-14)7-10-3-5-11(15)6-4-10/h3-6H,2,7-9H2,1H3. The normalized spacial score (nSPS) is 11.7. The molecule has 0 bridgehead atoms. The number of hydrogen-bond donors (Lipinski definition) is 0. The van der Waals surface area contributed by atoms with Crippen molar-refractivity contribution in [1.29, 1.82) is 0 Å². The summed E-state index contributed by atoms with van der Waals surface area (Å²) in [5.74, 6) is 1.19. The topological polar surface area (TPSA) is 0 Å². The summed E-state index contributed by atoms with van der Waals surface area (Å²) >= 11 is 17.8. The first-order valence-corrected chi connectivity index (χ1v) is 6.47. The van der Waals surface area contributed by atoms with Crippen molar-refractivity contribution in [1.82, 2.24) is 0 Å². The Hall–Kier alpha value is 0.0900. The van der Waals surface area contributed by atoms with Crippen LogP contribution in [0.2, 0.25) is 5.02 Å². The van der Waals surface area contributed by atoms with Crippen molar-refractivity contribution >= 4 is 34.8 Å². The van der Waals surface area contributed by atoms with Gasteiger partial charge in [0.25, 0.3) is 0 Å². The second-order valence-electron chi connectivity index (χ2n) is 3.92. The average molecular weight is 266 g/mol. The predicted octanol–water partition coefficient (Wildman–Crippen LogP) is 4.76. The summed E-state index contributed by atoms with van der Waals surface area (Å²) in [7, 11) is 0. The number of benzene rings is 1. The molecule has 0 aliphatic carbocycles. The lowest BCUT2D eigenvalue weighted by Gasteiger charge is -2.28. The van der Waals surface area contributed by atoms with Crippen molar-refractivity contribution in [2.24, 2.45) is 5.41 Å². The molecule has 0 atom stereocenters. The smallest absolute Gasteiger partial charge is 0.0406 e. The SMILES string of the molecule is CCC(CCl)(CCl)Cc1ccc(Cl)cc1. The van der Waals surface area contributed by atoms with E-state index < -0.39 is 0 Å². The molecule has 1 aromatic rings. The van der Waals surface area contributed by atoms with E-state index in [-0.39, 0.29) is 5.41 Å². The third kappa shape index (κ3) is 3.55. The van der Waals surface area contributed by atoms with Crippen molar-refractivity contribution in [2.75, 3.05) is 11.8 Å². The Labute approximate surface area is 107 Å². The van der Waals surface area contributed by atoms with Crippen molar-refractivity contribution in [3.8, 4) is 0 Å². The summed E-state index contributed by atoms with van der Waals surface area (Å²) in [6.07, 6.45) is 1.90. The van der Waals surface area contributed by atoms with Gasteiger partial charge in [-0.2, -0.15) is 0 Å². The van der Waals surface area contributed by atoms with E-state index in [2.05, 4.69) is 6.92 Å². The molecule has 0 aromatic heterocycles. The minimum atomic E-state index is 0.0109. The van der Waals surface area contributed by atoms with E-state index in [0.29, 0.717) is 11.8 Å². The third-order valence-electron chi connectivity index (χ3n) is 2.81. The maximum Gasteiger partial charge on any atom is 0.0406 e. The maximum absolute atomic E-state index is 6.00. The van der Waals surface area contributed by atoms with Crippen LogP contribution in [-0.4, -0.2) is 11.8 Å². The summed E-state index contributed by atoms with van der Waals surface area (Å²) in [6.45, 7) is 2.13. The van der Waals surface area contributed by atoms with Gasteiger partial charge in [0.1, 0.15) is 0 Å². The predicted molar refractivity (Wildman–Crippen MR) is 69.3 cm³/mol. The zero-order valence-electron chi connectivity index (χ0n) is 8.77. The molecule has 15 heavy (non-hydrogen) atoms. The van der Waals surface area contributed by atoms with Crippen LogP contribution < -0.4 is 0 Å². The van der Waals surface area contributed by atoms with Crippen LogP contribution in [0.5, 0.6) is 0 Å². The first-order chi connectivity index (χ1) is 7.15. The van der Waals surface area contributed by atoms with Crippen LogP contribution in [0.25, 0.3) is 0 Å². The highest BCUT2D eigenvalue weighted by Gasteiger charge is 2.26. The third-order valence-corrected chi connectivity index (χ3v) is 4.20. The minimum Gasteiger partial charge on any atom is -0.126 e. The van der Waals surface area contributed by atoms with Crippen LogP contribution in [0.15, 0.2) is 24.3 Å². The Morgan fingerprint density at radius 1 is 1.07 bits per heavy atom. The van der Waals surface area contributed by atoms with E-state index in [1.54, 1.807) is 0 Å². The summed E-state index contributed by atoms with van der Waals surface area (Å²) in [6, 6.07) is 7.87. The van der Waals surface area contributed by atoms with Gasteiger partial charge in [-0.05, 0) is 30.5 Å². The first-order valence-electron chi connectivity index (χ1n) is 5.02. The van der Waals surface area contributed by atoms with Gasteiger partial charge in [-0.1, -0.05) is 30.7 Å². The Balaban J connectivity index is 2.78. The number of hydrogen-bond acceptors (Lipinski definition) is 0. The van der Waals surface area contributed by atoms with Crippen molar-refractivity contribution in [2.45, 2.75) is 19.8 Å². The lowest BCUT2D eigenvalue weighted by atomic mass is 9.83. The van der Waals surface area contributed by atoms with Crippen LogP contribution in [0, 0.1) is 5.41 Å². The van der Waals surface area contributed by atoms with Gasteiger partial charge in [-0.25, -0.2) is 0 Å². The fourth-order valence-corrected chi connectivity index (χ4v) is 2.46. The Morgan fingerprint density at radius 3 is 2.00 bits per heavy atom. The molecule has 0 heterocycles. The fraction of sp³-hybridized carbons (Fsp3) is 0.500. The van der Waals surface area contributed by atoms with Gasteiger partial charge in [0.2, 0.25) is 0 Å². The Kier molecular flexibility index (Phi) is 5.25. The summed E-state index contributed by atoms with van der Waals surface area (Å²) in [5, 5.41) is 0.762. The molecule has 0 aliphatic heterocycles. The molecule has 0 N–H and O–H groups in total. The molecule has 0 fully saturated rings. The van der Waals surface area contributed by atoms with Gasteiger partial charge < -0.3 is 0 Å². The highest BCUT2D eigenvalue weighted by Crippen LogP contribution is 2.30. The Bertz CT molecular complexity index is 280. The molecule has 0 saturated heterocycles. The first kappa shape index (κ1) is 13.2. The van der Waals surface area contributed by atoms with E-state index in [9.17, 15) is 0 Å². The molecule has 0 amide bonds. The molecule has 0 aliphatic rings. The average Bonchev–Trinajstić information content (AvgIpc) is 2.29. The quantitative estimate of drug-likeness (QED) is 0.674. The van der Waals surface area contributed by atoms with Crippen LogP contribution in [0.4, 0.5) is 0 Å². The molecule has 1 rings (SSSR count). The largest absolute Gasteiger partial charge is 0.126 e. The molecule has 0 spiro atoms. The van der Waals surface area contributed by atoms with E-state index in [0.717, 1.165) is 17.9 Å². The second-order valence-corrected chi connectivity index (χ2v) is 4.90. The van der Waals surface area contributed by atoms with E-state index in [4.69, 9.17) is 34.8 Å². The second kappa shape index (κ2) is 5.98. The summed E-state index contributed by atoms with van der Waals surface area (Å²) in [5.41, 5.74) is 1.25. The zero-order chi connectivity index (χ0) is 11.3. The lowest BCUT2D eigenvalue weighted by Crippen LogP contribution is -2.27. The van der Waals surface area contributed by atoms with E-state index in [1.165, 1.54) is 5.56 Å². The molecular formula is C12H15Cl3. The highest BCUT2D eigenvalue weighted by atomic mass is 35.5. The molecule has 0 nitrogen and oxygen atoms in total. The van der Waals surface area contributed by atoms with Gasteiger partial charge in [0, 0.05) is 22.2 Å². The van der Waals surface area contributed by atoms with Crippen LogP contribution >= 0.6 is 34.8 Å². The number of alkyl halides is 2. The molecular weight excluding hydrogens is 250 g/mol. The van der Waals surface area contributed by atoms with Crippen LogP contribution in [-0.2, 0) is 6.42 Å². The van der Waals surface area contributed by atoms with Crippen molar-refractivity contribution in [3.05, 3.63) is 34.9 Å². The number of halogens is 3. The van der Waals surface area contributed by atoms with E-state index >= 15 is 0 Å². The molecule has 84 valence electrons. The van der Waals surface area contributed by atoms with Crippen LogP contribution in [0.1, 0.15) is 18.9 Å². The Morgan fingerprint density at radius 2 is 1.60 bits per heavy atom. The van der Waals surface area contributed by atoms with Gasteiger partial charge in [-0.15, -0.1) is 23.2 Å². The van der Waals surface area contributed by atoms with Crippen molar-refractivity contribution < 1.29 is 0 Å². The molecule has 0 radical (unpaired) electrons. The summed E-state index contributed by atoms with van der Waals surface area (Å²) in [4.78, 5) is 0. The monoisotopic (exact) mass is 264 g/mol. The van der Waals surface area contributed by atoms with Gasteiger partial charge in [0.15, 0.2) is 0 Å². The molecule has 3 heteroatoms. The molecule has 0 saturated carbocycles. The fourth-order valence-electron chi connectivity index (χ4n) is 1.48. The maximum atomic E-state index is 6.00. The lowest BCUT2D eigenvalue weighted by molar-refractivity contribution is 0.362. The highest BCUT2D eigenvalue weighted by molar-refractivity contribution is 6.30. The van der Waals surface area contributed by atoms with Gasteiger partial charge in [0.05, 0.1) is 0 Å². The van der Waals surface area contributed by atoms with Crippen LogP contribution in [0.3, 0.4) is 0 Å². The molecule has 0 unspecified atom stereocenters. The van der Waals surface area contributed by atoms with Gasteiger partial charge in [-0.3, -0.25) is 0 Å². The molecule has 1 aromatic carbocycles. The van der Waals surface area contributed by atoms with E-state index in [1.807, 2.05) is 24.3 Å².